The predicted octanol–water partition coefficient (Wildman–Crippen LogP) is 4.88. The van der Waals surface area contributed by atoms with E-state index in [4.69, 9.17) is 4.84 Å². The molecule has 1 N–H and O–H groups in total. The van der Waals surface area contributed by atoms with Crippen LogP contribution in [0.1, 0.15) is 30.9 Å². The van der Waals surface area contributed by atoms with Crippen molar-refractivity contribution in [3.05, 3.63) is 101 Å². The van der Waals surface area contributed by atoms with Crippen LogP contribution in [-0.2, 0) is 9.63 Å². The highest BCUT2D eigenvalue weighted by Gasteiger charge is 2.35. The molecule has 0 aromatic heterocycles. The van der Waals surface area contributed by atoms with Crippen LogP contribution < -0.4 is 15.3 Å². The van der Waals surface area contributed by atoms with E-state index in [9.17, 15) is 14.9 Å². The largest absolute Gasteiger partial charge is 0.371 e. The monoisotopic (exact) mass is 486 g/mol. The highest BCUT2D eigenvalue weighted by atomic mass is 16.7. The van der Waals surface area contributed by atoms with Crippen molar-refractivity contribution in [3.8, 4) is 0 Å². The predicted molar refractivity (Wildman–Crippen MR) is 139 cm³/mol. The Bertz CT molecular complexity index is 1120. The summed E-state index contributed by atoms with van der Waals surface area (Å²) in [4.78, 5) is 31.9. The van der Waals surface area contributed by atoms with Gasteiger partial charge in [-0.1, -0.05) is 48.5 Å². The van der Waals surface area contributed by atoms with Crippen LogP contribution in [0.25, 0.3) is 0 Å². The van der Waals surface area contributed by atoms with Crippen molar-refractivity contribution in [3.63, 3.8) is 0 Å². The lowest BCUT2D eigenvalue weighted by Crippen LogP contribution is -2.42. The summed E-state index contributed by atoms with van der Waals surface area (Å²) in [7, 11) is 0. The molecule has 0 saturated carbocycles. The quantitative estimate of drug-likeness (QED) is 0.378. The van der Waals surface area contributed by atoms with Crippen molar-refractivity contribution < 1.29 is 14.6 Å². The van der Waals surface area contributed by atoms with E-state index in [0.29, 0.717) is 6.54 Å². The third-order valence-electron chi connectivity index (χ3n) is 7.02. The molecule has 2 saturated heterocycles. The molecular weight excluding hydrogens is 456 g/mol. The summed E-state index contributed by atoms with van der Waals surface area (Å²) in [5.41, 5.74) is 3.22. The molecular formula is C28H30N4O4. The van der Waals surface area contributed by atoms with E-state index >= 15 is 0 Å². The minimum atomic E-state index is -0.393. The molecule has 186 valence electrons. The van der Waals surface area contributed by atoms with Gasteiger partial charge in [-0.05, 0) is 42.7 Å². The Morgan fingerprint density at radius 2 is 1.56 bits per heavy atom. The Morgan fingerprint density at radius 3 is 2.19 bits per heavy atom. The number of non-ortho nitro benzene ring substituents is 1. The SMILES string of the molecule is O=C(NCC1CC(c2ccccc2)N(c2ccccc2)O1)C1CCN(c2ccc([N+](=O)[O-])cc2)CC1. The summed E-state index contributed by atoms with van der Waals surface area (Å²) in [5, 5.41) is 16.0. The summed E-state index contributed by atoms with van der Waals surface area (Å²) in [6.45, 7) is 1.95. The first-order valence-corrected chi connectivity index (χ1v) is 12.4. The van der Waals surface area contributed by atoms with E-state index in [1.54, 1.807) is 12.1 Å². The molecule has 1 amide bonds. The van der Waals surface area contributed by atoms with Gasteiger partial charge in [-0.2, -0.15) is 0 Å². The third kappa shape index (κ3) is 5.33. The second-order valence-corrected chi connectivity index (χ2v) is 9.33. The lowest BCUT2D eigenvalue weighted by Gasteiger charge is -2.33. The first kappa shape index (κ1) is 23.8. The van der Waals surface area contributed by atoms with Gasteiger partial charge in [-0.15, -0.1) is 0 Å². The first-order chi connectivity index (χ1) is 17.6. The van der Waals surface area contributed by atoms with Crippen LogP contribution >= 0.6 is 0 Å². The van der Waals surface area contributed by atoms with Gasteiger partial charge in [0.15, 0.2) is 0 Å². The van der Waals surface area contributed by atoms with Crippen LogP contribution in [0.2, 0.25) is 0 Å². The molecule has 0 aliphatic carbocycles. The number of para-hydroxylation sites is 1. The molecule has 8 heteroatoms. The van der Waals surface area contributed by atoms with Gasteiger partial charge < -0.3 is 10.2 Å². The molecule has 2 heterocycles. The number of amides is 1. The second-order valence-electron chi connectivity index (χ2n) is 9.33. The van der Waals surface area contributed by atoms with Gasteiger partial charge in [-0.3, -0.25) is 19.7 Å². The fourth-order valence-electron chi connectivity index (χ4n) is 5.05. The van der Waals surface area contributed by atoms with Crippen LogP contribution in [0.15, 0.2) is 84.9 Å². The maximum Gasteiger partial charge on any atom is 0.269 e. The number of anilines is 2. The average molecular weight is 487 g/mol. The van der Waals surface area contributed by atoms with Gasteiger partial charge in [-0.25, -0.2) is 5.06 Å². The number of nitrogens with one attached hydrogen (secondary N) is 1. The molecule has 0 radical (unpaired) electrons. The number of piperidine rings is 1. The number of benzene rings is 3. The number of hydrogen-bond acceptors (Lipinski definition) is 6. The Kier molecular flexibility index (Phi) is 7.13. The number of nitro groups is 1. The summed E-state index contributed by atoms with van der Waals surface area (Å²) < 4.78 is 0. The van der Waals surface area contributed by atoms with Crippen molar-refractivity contribution in [1.29, 1.82) is 0 Å². The van der Waals surface area contributed by atoms with E-state index in [1.165, 1.54) is 17.7 Å². The fourth-order valence-corrected chi connectivity index (χ4v) is 5.05. The summed E-state index contributed by atoms with van der Waals surface area (Å²) in [6, 6.07) is 27.1. The van der Waals surface area contributed by atoms with Gasteiger partial charge in [0.2, 0.25) is 5.91 Å². The summed E-state index contributed by atoms with van der Waals surface area (Å²) in [6.07, 6.45) is 2.17. The Hall–Kier alpha value is -3.91. The molecule has 0 bridgehead atoms. The molecule has 2 aliphatic heterocycles. The first-order valence-electron chi connectivity index (χ1n) is 12.4. The summed E-state index contributed by atoms with van der Waals surface area (Å²) in [5.74, 6) is 0.0206. The fraction of sp³-hybridized carbons (Fsp3) is 0.321. The van der Waals surface area contributed by atoms with Crippen molar-refractivity contribution in [2.24, 2.45) is 5.92 Å². The van der Waals surface area contributed by atoms with Crippen LogP contribution in [0.5, 0.6) is 0 Å². The number of rotatable bonds is 7. The minimum absolute atomic E-state index is 0.0455. The molecule has 2 fully saturated rings. The van der Waals surface area contributed by atoms with Gasteiger partial charge in [0.1, 0.15) is 6.10 Å². The van der Waals surface area contributed by atoms with E-state index in [0.717, 1.165) is 43.7 Å². The lowest BCUT2D eigenvalue weighted by molar-refractivity contribution is -0.384. The highest BCUT2D eigenvalue weighted by molar-refractivity contribution is 5.79. The molecule has 0 spiro atoms. The number of nitro benzene ring substituents is 1. The molecule has 3 aromatic rings. The number of nitrogens with zero attached hydrogens (tertiary/aromatic N) is 3. The zero-order valence-corrected chi connectivity index (χ0v) is 20.0. The molecule has 2 aliphatic rings. The van der Waals surface area contributed by atoms with Crippen molar-refractivity contribution in [1.82, 2.24) is 5.32 Å². The maximum absolute atomic E-state index is 12.9. The van der Waals surface area contributed by atoms with Gasteiger partial charge in [0.25, 0.3) is 5.69 Å². The lowest BCUT2D eigenvalue weighted by atomic mass is 9.95. The molecule has 8 nitrogen and oxygen atoms in total. The number of carbonyl (C=O) groups excluding carboxylic acids is 1. The normalized spacial score (nSPS) is 20.3. The zero-order valence-electron chi connectivity index (χ0n) is 20.0. The second kappa shape index (κ2) is 10.8. The molecule has 2 unspecified atom stereocenters. The van der Waals surface area contributed by atoms with Crippen molar-refractivity contribution in [2.45, 2.75) is 31.4 Å². The number of hydrogen-bond donors (Lipinski definition) is 1. The third-order valence-corrected chi connectivity index (χ3v) is 7.02. The Morgan fingerprint density at radius 1 is 0.917 bits per heavy atom. The Balaban J connectivity index is 1.15. The summed E-state index contributed by atoms with van der Waals surface area (Å²) >= 11 is 0. The molecule has 3 aromatic carbocycles. The van der Waals surface area contributed by atoms with Gasteiger partial charge >= 0.3 is 0 Å². The van der Waals surface area contributed by atoms with E-state index in [1.807, 2.05) is 53.6 Å². The van der Waals surface area contributed by atoms with Crippen LogP contribution in [-0.4, -0.2) is 36.6 Å². The van der Waals surface area contributed by atoms with E-state index in [2.05, 4.69) is 22.3 Å². The van der Waals surface area contributed by atoms with E-state index < -0.39 is 4.92 Å². The van der Waals surface area contributed by atoms with Gasteiger partial charge in [0, 0.05) is 49.8 Å². The van der Waals surface area contributed by atoms with Gasteiger partial charge in [0.05, 0.1) is 16.7 Å². The number of carbonyl (C=O) groups is 1. The highest BCUT2D eigenvalue weighted by Crippen LogP contribution is 2.37. The molecule has 36 heavy (non-hydrogen) atoms. The smallest absolute Gasteiger partial charge is 0.269 e. The van der Waals surface area contributed by atoms with Crippen molar-refractivity contribution in [2.75, 3.05) is 29.6 Å². The Labute approximate surface area is 210 Å². The zero-order chi connectivity index (χ0) is 24.9. The van der Waals surface area contributed by atoms with Crippen LogP contribution in [0, 0.1) is 16.0 Å². The minimum Gasteiger partial charge on any atom is -0.371 e. The van der Waals surface area contributed by atoms with E-state index in [-0.39, 0.29) is 29.7 Å². The van der Waals surface area contributed by atoms with Crippen LogP contribution in [0.4, 0.5) is 17.1 Å². The maximum atomic E-state index is 12.9. The van der Waals surface area contributed by atoms with Crippen LogP contribution in [0.3, 0.4) is 0 Å². The number of hydroxylamine groups is 1. The van der Waals surface area contributed by atoms with Crippen molar-refractivity contribution >= 4 is 23.0 Å². The average Bonchev–Trinajstić information content (AvgIpc) is 3.37. The topological polar surface area (TPSA) is 88.0 Å². The standard InChI is InChI=1S/C28H30N4O4/c33-28(22-15-17-30(18-16-22)23-11-13-25(14-12-23)32(34)35)29-20-26-19-27(21-7-3-1-4-8-21)31(36-26)24-9-5-2-6-10-24/h1-14,22,26-27H,15-20H2,(H,29,33). The molecule has 2 atom stereocenters. The molecule has 5 rings (SSSR count).